The van der Waals surface area contributed by atoms with Gasteiger partial charge >= 0.3 is 6.03 Å². The first-order valence-electron chi connectivity index (χ1n) is 4.46. The quantitative estimate of drug-likeness (QED) is 0.581. The van der Waals surface area contributed by atoms with Gasteiger partial charge in [-0.1, -0.05) is 5.92 Å². The van der Waals surface area contributed by atoms with Gasteiger partial charge in [0.25, 0.3) is 0 Å². The van der Waals surface area contributed by atoms with Crippen LogP contribution in [0.5, 0.6) is 0 Å². The lowest BCUT2D eigenvalue weighted by Crippen LogP contribution is -2.37. The molecule has 1 rings (SSSR count). The highest BCUT2D eigenvalue weighted by Crippen LogP contribution is 1.94. The number of urea groups is 1. The second-order valence-electron chi connectivity index (χ2n) is 3.06. The van der Waals surface area contributed by atoms with Crippen molar-refractivity contribution in [3.63, 3.8) is 0 Å². The van der Waals surface area contributed by atoms with Crippen molar-refractivity contribution < 1.29 is 4.79 Å². The molecule has 0 radical (unpaired) electrons. The van der Waals surface area contributed by atoms with Gasteiger partial charge in [-0.15, -0.1) is 6.42 Å². The highest BCUT2D eigenvalue weighted by molar-refractivity contribution is 5.76. The van der Waals surface area contributed by atoms with E-state index in [4.69, 9.17) is 6.42 Å². The molecule has 1 fully saturated rings. The Morgan fingerprint density at radius 2 is 2.62 bits per heavy atom. The van der Waals surface area contributed by atoms with Crippen LogP contribution in [-0.4, -0.2) is 43.2 Å². The fraction of sp³-hybridized carbons (Fsp3) is 0.667. The molecule has 0 aromatic heterocycles. The van der Waals surface area contributed by atoms with Crippen molar-refractivity contribution in [2.45, 2.75) is 13.0 Å². The molecule has 0 spiro atoms. The van der Waals surface area contributed by atoms with E-state index >= 15 is 0 Å². The van der Waals surface area contributed by atoms with Crippen LogP contribution in [0.2, 0.25) is 0 Å². The summed E-state index contributed by atoms with van der Waals surface area (Å²) in [7, 11) is 0. The van der Waals surface area contributed by atoms with E-state index in [0.717, 1.165) is 26.2 Å². The number of terminal acetylenes is 1. The van der Waals surface area contributed by atoms with Crippen LogP contribution in [0.15, 0.2) is 0 Å². The Morgan fingerprint density at radius 3 is 3.15 bits per heavy atom. The van der Waals surface area contributed by atoms with Crippen LogP contribution < -0.4 is 10.6 Å². The van der Waals surface area contributed by atoms with Gasteiger partial charge in [0.1, 0.15) is 0 Å². The van der Waals surface area contributed by atoms with Crippen LogP contribution in [0.1, 0.15) is 6.92 Å². The normalized spacial score (nSPS) is 18.2. The summed E-state index contributed by atoms with van der Waals surface area (Å²) < 4.78 is 0. The summed E-state index contributed by atoms with van der Waals surface area (Å²) in [6.45, 7) is 4.94. The summed E-state index contributed by atoms with van der Waals surface area (Å²) >= 11 is 0. The van der Waals surface area contributed by atoms with Gasteiger partial charge in [-0.25, -0.2) is 4.79 Å². The summed E-state index contributed by atoms with van der Waals surface area (Å²) in [4.78, 5) is 12.8. The summed E-state index contributed by atoms with van der Waals surface area (Å²) in [6, 6.07) is 0.0980. The van der Waals surface area contributed by atoms with Gasteiger partial charge in [0.15, 0.2) is 0 Å². The van der Waals surface area contributed by atoms with Gasteiger partial charge in [-0.05, 0) is 6.92 Å². The zero-order valence-electron chi connectivity index (χ0n) is 7.84. The molecule has 2 amide bonds. The minimum absolute atomic E-state index is 0.0233. The Balaban J connectivity index is 2.13. The summed E-state index contributed by atoms with van der Waals surface area (Å²) in [5.41, 5.74) is 0. The highest BCUT2D eigenvalue weighted by atomic mass is 16.2. The van der Waals surface area contributed by atoms with Crippen molar-refractivity contribution in [1.29, 1.82) is 0 Å². The van der Waals surface area contributed by atoms with Crippen molar-refractivity contribution in [1.82, 2.24) is 15.5 Å². The third kappa shape index (κ3) is 2.96. The molecule has 13 heavy (non-hydrogen) atoms. The third-order valence-electron chi connectivity index (χ3n) is 2.03. The smallest absolute Gasteiger partial charge is 0.317 e. The van der Waals surface area contributed by atoms with Crippen LogP contribution in [-0.2, 0) is 0 Å². The SMILES string of the molecule is C#CC(C)NCCN1CCNC1=O. The van der Waals surface area contributed by atoms with Crippen LogP contribution in [0.25, 0.3) is 0 Å². The minimum atomic E-state index is 0.0233. The number of nitrogens with zero attached hydrogens (tertiary/aromatic N) is 1. The zero-order valence-corrected chi connectivity index (χ0v) is 7.84. The average Bonchev–Trinajstić information content (AvgIpc) is 2.52. The maximum absolute atomic E-state index is 11.1. The van der Waals surface area contributed by atoms with Crippen LogP contribution >= 0.6 is 0 Å². The summed E-state index contributed by atoms with van der Waals surface area (Å²) in [6.07, 6.45) is 5.19. The van der Waals surface area contributed by atoms with Crippen molar-refractivity contribution >= 4 is 6.03 Å². The zero-order chi connectivity index (χ0) is 9.68. The van der Waals surface area contributed by atoms with E-state index < -0.39 is 0 Å². The first-order chi connectivity index (χ1) is 6.24. The Bertz CT molecular complexity index is 221. The van der Waals surface area contributed by atoms with Crippen molar-refractivity contribution in [3.05, 3.63) is 0 Å². The largest absolute Gasteiger partial charge is 0.336 e. The van der Waals surface area contributed by atoms with Crippen LogP contribution in [0.4, 0.5) is 4.79 Å². The van der Waals surface area contributed by atoms with Gasteiger partial charge in [-0.2, -0.15) is 0 Å². The van der Waals surface area contributed by atoms with E-state index in [1.807, 2.05) is 6.92 Å². The molecule has 0 aliphatic carbocycles. The predicted molar refractivity (Wildman–Crippen MR) is 51.3 cm³/mol. The number of amides is 2. The molecular weight excluding hydrogens is 166 g/mol. The molecule has 1 aliphatic rings. The Morgan fingerprint density at radius 1 is 1.85 bits per heavy atom. The van der Waals surface area contributed by atoms with Gasteiger partial charge in [0.05, 0.1) is 6.04 Å². The predicted octanol–water partition coefficient (Wildman–Crippen LogP) is -0.377. The summed E-state index contributed by atoms with van der Waals surface area (Å²) in [5, 5.41) is 5.86. The summed E-state index contributed by atoms with van der Waals surface area (Å²) in [5.74, 6) is 2.57. The van der Waals surface area contributed by atoms with Gasteiger partial charge in [-0.3, -0.25) is 0 Å². The number of nitrogens with one attached hydrogen (secondary N) is 2. The highest BCUT2D eigenvalue weighted by Gasteiger charge is 2.18. The molecule has 0 saturated carbocycles. The molecule has 0 aromatic rings. The lowest BCUT2D eigenvalue weighted by molar-refractivity contribution is 0.217. The third-order valence-corrected chi connectivity index (χ3v) is 2.03. The van der Waals surface area contributed by atoms with Gasteiger partial charge in [0.2, 0.25) is 0 Å². The minimum Gasteiger partial charge on any atom is -0.336 e. The maximum atomic E-state index is 11.1. The number of carbonyl (C=O) groups excluding carboxylic acids is 1. The van der Waals surface area contributed by atoms with E-state index in [2.05, 4.69) is 16.6 Å². The standard InChI is InChI=1S/C9H15N3O/c1-3-8(2)10-4-6-12-7-5-11-9(12)13/h1,8,10H,4-7H2,2H3,(H,11,13). The molecule has 0 aromatic carbocycles. The molecule has 1 saturated heterocycles. The molecular formula is C9H15N3O. The van der Waals surface area contributed by atoms with Crippen molar-refractivity contribution in [3.8, 4) is 12.3 Å². The van der Waals surface area contributed by atoms with E-state index in [-0.39, 0.29) is 12.1 Å². The first-order valence-corrected chi connectivity index (χ1v) is 4.46. The molecule has 1 aliphatic heterocycles. The Hall–Kier alpha value is -1.21. The molecule has 0 bridgehead atoms. The Kier molecular flexibility index (Phi) is 3.59. The van der Waals surface area contributed by atoms with Gasteiger partial charge in [0, 0.05) is 26.2 Å². The van der Waals surface area contributed by atoms with Gasteiger partial charge < -0.3 is 15.5 Å². The first kappa shape index (κ1) is 9.87. The Labute approximate surface area is 78.7 Å². The molecule has 1 unspecified atom stereocenters. The van der Waals surface area contributed by atoms with Crippen LogP contribution in [0.3, 0.4) is 0 Å². The lowest BCUT2D eigenvalue weighted by Gasteiger charge is -2.15. The lowest BCUT2D eigenvalue weighted by atomic mass is 10.3. The maximum Gasteiger partial charge on any atom is 0.317 e. The number of carbonyl (C=O) groups is 1. The van der Waals surface area contributed by atoms with E-state index in [1.165, 1.54) is 0 Å². The molecule has 4 heteroatoms. The van der Waals surface area contributed by atoms with E-state index in [1.54, 1.807) is 4.90 Å². The second kappa shape index (κ2) is 4.73. The molecule has 1 atom stereocenters. The second-order valence-corrected chi connectivity index (χ2v) is 3.06. The molecule has 2 N–H and O–H groups in total. The fourth-order valence-electron chi connectivity index (χ4n) is 1.20. The molecule has 4 nitrogen and oxygen atoms in total. The number of hydrogen-bond donors (Lipinski definition) is 2. The monoisotopic (exact) mass is 181 g/mol. The molecule has 1 heterocycles. The van der Waals surface area contributed by atoms with Crippen LogP contribution in [0, 0.1) is 12.3 Å². The van der Waals surface area contributed by atoms with E-state index in [0.29, 0.717) is 0 Å². The average molecular weight is 181 g/mol. The number of hydrogen-bond acceptors (Lipinski definition) is 2. The van der Waals surface area contributed by atoms with Crippen molar-refractivity contribution in [2.75, 3.05) is 26.2 Å². The topological polar surface area (TPSA) is 44.4 Å². The molecule has 72 valence electrons. The van der Waals surface area contributed by atoms with Crippen molar-refractivity contribution in [2.24, 2.45) is 0 Å². The fourth-order valence-corrected chi connectivity index (χ4v) is 1.20. The number of rotatable bonds is 4. The van der Waals surface area contributed by atoms with E-state index in [9.17, 15) is 4.79 Å².